The second kappa shape index (κ2) is 6.31. The number of fused-ring (bicyclic) bond motifs is 4. The van der Waals surface area contributed by atoms with Crippen molar-refractivity contribution in [3.8, 4) is 0 Å². The average molecular weight is 384 g/mol. The molecular formula is C23H19F3O2. The van der Waals surface area contributed by atoms with Crippen molar-refractivity contribution in [3.05, 3.63) is 68.4 Å². The molecule has 1 saturated heterocycles. The van der Waals surface area contributed by atoms with Crippen LogP contribution in [0.2, 0.25) is 0 Å². The van der Waals surface area contributed by atoms with E-state index in [0.29, 0.717) is 12.0 Å². The highest BCUT2D eigenvalue weighted by molar-refractivity contribution is 5.90. The van der Waals surface area contributed by atoms with Crippen LogP contribution in [0.4, 0.5) is 13.2 Å². The number of carbonyl (C=O) groups is 1. The molecule has 0 bridgehead atoms. The third kappa shape index (κ3) is 2.64. The number of carbonyl (C=O) groups excluding carboxylic acids is 1. The lowest BCUT2D eigenvalue weighted by Crippen LogP contribution is -2.46. The summed E-state index contributed by atoms with van der Waals surface area (Å²) >= 11 is 0. The van der Waals surface area contributed by atoms with Crippen molar-refractivity contribution in [2.45, 2.75) is 24.9 Å². The van der Waals surface area contributed by atoms with Gasteiger partial charge in [-0.3, -0.25) is 4.79 Å². The maximum absolute atomic E-state index is 13.9. The van der Waals surface area contributed by atoms with Gasteiger partial charge in [-0.15, -0.1) is 0 Å². The molecule has 5 rings (SSSR count). The second-order valence-corrected chi connectivity index (χ2v) is 7.79. The van der Waals surface area contributed by atoms with E-state index in [-0.39, 0.29) is 25.4 Å². The van der Waals surface area contributed by atoms with Gasteiger partial charge in [0.2, 0.25) is 0 Å². The summed E-state index contributed by atoms with van der Waals surface area (Å²) in [6.45, 7) is 0.450. The molecule has 1 heterocycles. The second-order valence-electron chi connectivity index (χ2n) is 7.79. The Labute approximate surface area is 159 Å². The van der Waals surface area contributed by atoms with Gasteiger partial charge in [0.15, 0.2) is 0 Å². The van der Waals surface area contributed by atoms with Crippen LogP contribution in [0, 0.1) is 22.3 Å². The fourth-order valence-electron chi connectivity index (χ4n) is 4.74. The molecule has 2 atom stereocenters. The topological polar surface area (TPSA) is 26.3 Å². The standard InChI is InChI=1S/C23H19F3O2/c24-23(25,26)19-10-7-14-6-8-17-16-4-2-1-3-13(16)5-9-18(17)20(14)21(19)22(27)15-11-28-12-15/h1-8,15,19,21H,9-12H2. The van der Waals surface area contributed by atoms with E-state index in [4.69, 9.17) is 4.74 Å². The summed E-state index contributed by atoms with van der Waals surface area (Å²) in [5.41, 5.74) is 1.44. The van der Waals surface area contributed by atoms with Gasteiger partial charge in [0.25, 0.3) is 0 Å². The third-order valence-electron chi connectivity index (χ3n) is 6.24. The zero-order valence-corrected chi connectivity index (χ0v) is 15.1. The lowest BCUT2D eigenvalue weighted by molar-refractivity contribution is -0.185. The van der Waals surface area contributed by atoms with Gasteiger partial charge in [0.05, 0.1) is 31.0 Å². The Balaban J connectivity index is 1.80. The Morgan fingerprint density at radius 2 is 1.75 bits per heavy atom. The van der Waals surface area contributed by atoms with Crippen LogP contribution < -0.4 is 10.4 Å². The van der Waals surface area contributed by atoms with Crippen LogP contribution >= 0.6 is 0 Å². The van der Waals surface area contributed by atoms with Crippen LogP contribution in [0.5, 0.6) is 0 Å². The molecule has 0 saturated carbocycles. The molecule has 28 heavy (non-hydrogen) atoms. The van der Waals surface area contributed by atoms with Gasteiger partial charge in [0.1, 0.15) is 5.78 Å². The first-order valence-corrected chi connectivity index (χ1v) is 9.55. The Morgan fingerprint density at radius 1 is 0.964 bits per heavy atom. The molecule has 2 aromatic carbocycles. The quantitative estimate of drug-likeness (QED) is 0.796. The minimum absolute atomic E-state index is 0.153. The normalized spacial score (nSPS) is 23.4. The monoisotopic (exact) mass is 384 g/mol. The molecule has 2 unspecified atom stereocenters. The molecule has 1 fully saturated rings. The van der Waals surface area contributed by atoms with Gasteiger partial charge in [-0.05, 0) is 44.8 Å². The molecule has 2 nitrogen and oxygen atoms in total. The van der Waals surface area contributed by atoms with Crippen LogP contribution in [0.15, 0.2) is 36.4 Å². The van der Waals surface area contributed by atoms with E-state index < -0.39 is 23.9 Å². The van der Waals surface area contributed by atoms with Crippen LogP contribution in [-0.4, -0.2) is 25.2 Å². The van der Waals surface area contributed by atoms with E-state index in [9.17, 15) is 18.0 Å². The number of Topliss-reactive ketones (excluding diaryl/α,β-unsaturated/α-hetero) is 1. The smallest absolute Gasteiger partial charge is 0.380 e. The highest BCUT2D eigenvalue weighted by Gasteiger charge is 2.51. The summed E-state index contributed by atoms with van der Waals surface area (Å²) in [6, 6.07) is 11.7. The van der Waals surface area contributed by atoms with E-state index in [1.54, 1.807) is 6.08 Å². The zero-order valence-electron chi connectivity index (χ0n) is 15.1. The summed E-state index contributed by atoms with van der Waals surface area (Å²) < 4.78 is 46.8. The Kier molecular flexibility index (Phi) is 3.98. The summed E-state index contributed by atoms with van der Waals surface area (Å²) in [4.78, 5) is 13.1. The van der Waals surface area contributed by atoms with Crippen molar-refractivity contribution >= 4 is 17.9 Å². The summed E-state index contributed by atoms with van der Waals surface area (Å²) in [7, 11) is 0. The fourth-order valence-corrected chi connectivity index (χ4v) is 4.74. The molecule has 5 heteroatoms. The number of rotatable bonds is 2. The summed E-state index contributed by atoms with van der Waals surface area (Å²) in [5, 5.41) is 3.80. The Bertz CT molecular complexity index is 1180. The number of benzene rings is 2. The number of alkyl halides is 3. The van der Waals surface area contributed by atoms with E-state index >= 15 is 0 Å². The van der Waals surface area contributed by atoms with E-state index in [2.05, 4.69) is 0 Å². The average Bonchev–Trinajstić information content (AvgIpc) is 2.64. The van der Waals surface area contributed by atoms with Gasteiger partial charge in [0, 0.05) is 0 Å². The van der Waals surface area contributed by atoms with E-state index in [0.717, 1.165) is 26.4 Å². The van der Waals surface area contributed by atoms with Gasteiger partial charge in [-0.1, -0.05) is 48.6 Å². The highest BCUT2D eigenvalue weighted by atomic mass is 19.4. The molecule has 0 spiro atoms. The summed E-state index contributed by atoms with van der Waals surface area (Å²) in [5.74, 6) is -3.58. The van der Waals surface area contributed by atoms with Crippen molar-refractivity contribution in [1.29, 1.82) is 0 Å². The Hall–Kier alpha value is -2.40. The highest BCUT2D eigenvalue weighted by Crippen LogP contribution is 2.44. The van der Waals surface area contributed by atoms with Crippen LogP contribution in [0.25, 0.3) is 12.2 Å². The molecule has 1 aliphatic heterocycles. The predicted octanol–water partition coefficient (Wildman–Crippen LogP) is 2.97. The molecule has 0 amide bonds. The molecule has 2 aromatic rings. The van der Waals surface area contributed by atoms with Crippen molar-refractivity contribution in [2.75, 3.05) is 13.2 Å². The Morgan fingerprint density at radius 3 is 2.46 bits per heavy atom. The van der Waals surface area contributed by atoms with Crippen molar-refractivity contribution in [3.63, 3.8) is 0 Å². The fraction of sp³-hybridized carbons (Fsp3) is 0.348. The first-order valence-electron chi connectivity index (χ1n) is 9.55. The third-order valence-corrected chi connectivity index (χ3v) is 6.24. The van der Waals surface area contributed by atoms with Crippen LogP contribution in [0.1, 0.15) is 23.5 Å². The predicted molar refractivity (Wildman–Crippen MR) is 98.7 cm³/mol. The largest absolute Gasteiger partial charge is 0.393 e. The number of ether oxygens (including phenoxy) is 1. The summed E-state index contributed by atoms with van der Waals surface area (Å²) in [6.07, 6.45) is -0.338. The molecule has 144 valence electrons. The van der Waals surface area contributed by atoms with Gasteiger partial charge < -0.3 is 4.74 Å². The van der Waals surface area contributed by atoms with Crippen LogP contribution in [-0.2, 0) is 16.0 Å². The zero-order chi connectivity index (χ0) is 19.5. The molecule has 2 aliphatic carbocycles. The van der Waals surface area contributed by atoms with Gasteiger partial charge >= 0.3 is 6.18 Å². The van der Waals surface area contributed by atoms with Crippen molar-refractivity contribution in [2.24, 2.45) is 11.8 Å². The molecule has 0 N–H and O–H groups in total. The first-order chi connectivity index (χ1) is 13.4. The number of ketones is 1. The molecule has 0 radical (unpaired) electrons. The minimum atomic E-state index is -4.42. The van der Waals surface area contributed by atoms with Crippen LogP contribution in [0.3, 0.4) is 0 Å². The molecule has 3 aliphatic rings. The molecule has 0 aromatic heterocycles. The maximum Gasteiger partial charge on any atom is 0.393 e. The maximum atomic E-state index is 13.9. The number of halogens is 3. The number of hydrogen-bond donors (Lipinski definition) is 0. The first kappa shape index (κ1) is 17.7. The van der Waals surface area contributed by atoms with E-state index in [1.165, 1.54) is 0 Å². The van der Waals surface area contributed by atoms with Crippen molar-refractivity contribution in [1.82, 2.24) is 0 Å². The van der Waals surface area contributed by atoms with Gasteiger partial charge in [-0.2, -0.15) is 13.2 Å². The van der Waals surface area contributed by atoms with E-state index in [1.807, 2.05) is 42.5 Å². The van der Waals surface area contributed by atoms with Gasteiger partial charge in [-0.25, -0.2) is 0 Å². The lowest BCUT2D eigenvalue weighted by atomic mass is 9.70. The SMILES string of the molecule is O=C(C1COC1)C1c2c3c(ccc2=CCC1C(F)(F)F)=c1ccccc1=CC3. The lowest BCUT2D eigenvalue weighted by Gasteiger charge is -2.36. The molecular weight excluding hydrogens is 365 g/mol. The minimum Gasteiger partial charge on any atom is -0.380 e. The van der Waals surface area contributed by atoms with Crippen molar-refractivity contribution < 1.29 is 22.7 Å². The number of hydrogen-bond acceptors (Lipinski definition) is 2.